The van der Waals surface area contributed by atoms with Crippen molar-refractivity contribution in [1.29, 1.82) is 0 Å². The number of benzene rings is 1. The minimum atomic E-state index is 0.422. The zero-order valence-corrected chi connectivity index (χ0v) is 14.3. The van der Waals surface area contributed by atoms with Gasteiger partial charge in [-0.05, 0) is 17.7 Å². The van der Waals surface area contributed by atoms with E-state index in [1.54, 1.807) is 12.4 Å². The summed E-state index contributed by atoms with van der Waals surface area (Å²) in [5.41, 5.74) is 1.95. The van der Waals surface area contributed by atoms with Crippen LogP contribution >= 0.6 is 11.6 Å². The van der Waals surface area contributed by atoms with Crippen LogP contribution < -0.4 is 9.80 Å². The van der Waals surface area contributed by atoms with Crippen molar-refractivity contribution < 1.29 is 0 Å². The van der Waals surface area contributed by atoms with Gasteiger partial charge in [0, 0.05) is 44.1 Å². The van der Waals surface area contributed by atoms with Crippen molar-refractivity contribution in [3.63, 3.8) is 0 Å². The molecule has 0 atom stereocenters. The number of hydrogen-bond acceptors (Lipinski definition) is 6. The lowest BCUT2D eigenvalue weighted by Gasteiger charge is -2.35. The first-order valence-corrected chi connectivity index (χ1v) is 8.54. The summed E-state index contributed by atoms with van der Waals surface area (Å²) in [5.74, 6) is 1.62. The van der Waals surface area contributed by atoms with Crippen LogP contribution in [0.25, 0.3) is 11.1 Å². The van der Waals surface area contributed by atoms with Crippen LogP contribution in [-0.4, -0.2) is 46.3 Å². The molecule has 3 aromatic rings. The number of piperazine rings is 1. The number of halogens is 1. The Bertz CT molecular complexity index is 835. The molecule has 0 bridgehead atoms. The molecule has 0 spiro atoms. The smallest absolute Gasteiger partial charge is 0.225 e. The van der Waals surface area contributed by atoms with Crippen LogP contribution in [0.3, 0.4) is 0 Å². The fraction of sp³-hybridized carbons (Fsp3) is 0.222. The molecule has 1 saturated heterocycles. The van der Waals surface area contributed by atoms with E-state index in [9.17, 15) is 0 Å². The van der Waals surface area contributed by atoms with Crippen LogP contribution in [-0.2, 0) is 0 Å². The maximum Gasteiger partial charge on any atom is 0.225 e. The Labute approximate surface area is 151 Å². The summed E-state index contributed by atoms with van der Waals surface area (Å²) < 4.78 is 0. The van der Waals surface area contributed by atoms with E-state index in [4.69, 9.17) is 11.6 Å². The van der Waals surface area contributed by atoms with Gasteiger partial charge >= 0.3 is 0 Å². The zero-order valence-electron chi connectivity index (χ0n) is 13.6. The fourth-order valence-electron chi connectivity index (χ4n) is 2.93. The molecule has 3 heterocycles. The number of aromatic nitrogens is 4. The normalized spacial score (nSPS) is 14.6. The summed E-state index contributed by atoms with van der Waals surface area (Å²) in [6.45, 7) is 3.36. The van der Waals surface area contributed by atoms with Crippen molar-refractivity contribution in [2.45, 2.75) is 0 Å². The molecule has 4 rings (SSSR count). The van der Waals surface area contributed by atoms with E-state index >= 15 is 0 Å². The number of nitrogens with zero attached hydrogens (tertiary/aromatic N) is 6. The Kier molecular flexibility index (Phi) is 4.43. The van der Waals surface area contributed by atoms with Gasteiger partial charge < -0.3 is 9.80 Å². The quantitative estimate of drug-likeness (QED) is 0.722. The van der Waals surface area contributed by atoms with E-state index in [0.29, 0.717) is 5.15 Å². The van der Waals surface area contributed by atoms with Crippen LogP contribution in [0.4, 0.5) is 11.8 Å². The van der Waals surface area contributed by atoms with Crippen molar-refractivity contribution in [3.8, 4) is 11.1 Å². The zero-order chi connectivity index (χ0) is 17.1. The van der Waals surface area contributed by atoms with Crippen LogP contribution in [0.5, 0.6) is 0 Å². The molecule has 1 aliphatic rings. The lowest BCUT2D eigenvalue weighted by molar-refractivity contribution is 0.631. The predicted octanol–water partition coefficient (Wildman–Crippen LogP) is 2.91. The van der Waals surface area contributed by atoms with Crippen LogP contribution in [0, 0.1) is 0 Å². The van der Waals surface area contributed by atoms with Gasteiger partial charge in [-0.2, -0.15) is 0 Å². The molecule has 0 radical (unpaired) electrons. The molecular formula is C18H17ClN6. The third-order valence-electron chi connectivity index (χ3n) is 4.26. The van der Waals surface area contributed by atoms with Gasteiger partial charge in [0.05, 0.1) is 0 Å². The second-order valence-electron chi connectivity index (χ2n) is 5.80. The lowest BCUT2D eigenvalue weighted by Crippen LogP contribution is -2.47. The number of anilines is 2. The van der Waals surface area contributed by atoms with E-state index < -0.39 is 0 Å². The van der Waals surface area contributed by atoms with Gasteiger partial charge in [-0.15, -0.1) is 10.2 Å². The molecule has 1 fully saturated rings. The lowest BCUT2D eigenvalue weighted by atomic mass is 10.1. The fourth-order valence-corrected chi connectivity index (χ4v) is 3.13. The maximum absolute atomic E-state index is 6.26. The van der Waals surface area contributed by atoms with Crippen LogP contribution in [0.1, 0.15) is 0 Å². The molecular weight excluding hydrogens is 336 g/mol. The van der Waals surface area contributed by atoms with Crippen molar-refractivity contribution in [2.24, 2.45) is 0 Å². The minimum Gasteiger partial charge on any atom is -0.352 e. The van der Waals surface area contributed by atoms with Gasteiger partial charge in [0.25, 0.3) is 0 Å². The second-order valence-corrected chi connectivity index (χ2v) is 6.15. The van der Waals surface area contributed by atoms with Crippen LogP contribution in [0.2, 0.25) is 5.15 Å². The molecule has 6 nitrogen and oxygen atoms in total. The topological polar surface area (TPSA) is 58.0 Å². The van der Waals surface area contributed by atoms with Gasteiger partial charge in [0.15, 0.2) is 11.0 Å². The SMILES string of the molecule is Clc1nnc(N2CCN(c3ncccn3)CC2)cc1-c1ccccc1. The average Bonchev–Trinajstić information content (AvgIpc) is 2.70. The molecule has 2 aromatic heterocycles. The van der Waals surface area contributed by atoms with Gasteiger partial charge in [-0.1, -0.05) is 41.9 Å². The van der Waals surface area contributed by atoms with Gasteiger partial charge in [-0.3, -0.25) is 0 Å². The molecule has 0 aliphatic carbocycles. The molecule has 0 saturated carbocycles. The molecule has 0 unspecified atom stereocenters. The standard InChI is InChI=1S/C18H17ClN6/c19-17-15(14-5-2-1-3-6-14)13-16(22-23-17)24-9-11-25(12-10-24)18-20-7-4-8-21-18/h1-8,13H,9-12H2. The highest BCUT2D eigenvalue weighted by Gasteiger charge is 2.21. The second kappa shape index (κ2) is 7.03. The van der Waals surface area contributed by atoms with Crippen molar-refractivity contribution in [3.05, 3.63) is 60.0 Å². The molecule has 0 amide bonds. The highest BCUT2D eigenvalue weighted by molar-refractivity contribution is 6.32. The third kappa shape index (κ3) is 3.39. The summed E-state index contributed by atoms with van der Waals surface area (Å²) in [5, 5.41) is 8.85. The number of hydrogen-bond donors (Lipinski definition) is 0. The summed E-state index contributed by atoms with van der Waals surface area (Å²) in [6.07, 6.45) is 3.54. The van der Waals surface area contributed by atoms with Gasteiger partial charge in [0.2, 0.25) is 5.95 Å². The van der Waals surface area contributed by atoms with E-state index in [1.165, 1.54) is 0 Å². The summed E-state index contributed by atoms with van der Waals surface area (Å²) in [6, 6.07) is 13.9. The first kappa shape index (κ1) is 15.8. The first-order valence-electron chi connectivity index (χ1n) is 8.17. The Balaban J connectivity index is 1.52. The van der Waals surface area contributed by atoms with Crippen molar-refractivity contribution >= 4 is 23.4 Å². The Hall–Kier alpha value is -2.73. The summed E-state index contributed by atoms with van der Waals surface area (Å²) in [7, 11) is 0. The van der Waals surface area contributed by atoms with E-state index in [-0.39, 0.29) is 0 Å². The largest absolute Gasteiger partial charge is 0.352 e. The maximum atomic E-state index is 6.26. The Morgan fingerprint density at radius 1 is 0.800 bits per heavy atom. The van der Waals surface area contributed by atoms with E-state index in [2.05, 4.69) is 30.0 Å². The molecule has 0 N–H and O–H groups in total. The molecule has 126 valence electrons. The minimum absolute atomic E-state index is 0.422. The third-order valence-corrected chi connectivity index (χ3v) is 4.54. The van der Waals surface area contributed by atoms with E-state index in [0.717, 1.165) is 49.1 Å². The summed E-state index contributed by atoms with van der Waals surface area (Å²) in [4.78, 5) is 13.0. The monoisotopic (exact) mass is 352 g/mol. The van der Waals surface area contributed by atoms with Crippen molar-refractivity contribution in [2.75, 3.05) is 36.0 Å². The van der Waals surface area contributed by atoms with Crippen LogP contribution in [0.15, 0.2) is 54.9 Å². The highest BCUT2D eigenvalue weighted by Crippen LogP contribution is 2.29. The summed E-state index contributed by atoms with van der Waals surface area (Å²) >= 11 is 6.26. The number of rotatable bonds is 3. The Morgan fingerprint density at radius 3 is 2.20 bits per heavy atom. The average molecular weight is 353 g/mol. The molecule has 1 aromatic carbocycles. The molecule has 25 heavy (non-hydrogen) atoms. The highest BCUT2D eigenvalue weighted by atomic mass is 35.5. The Morgan fingerprint density at radius 2 is 1.48 bits per heavy atom. The molecule has 1 aliphatic heterocycles. The van der Waals surface area contributed by atoms with E-state index in [1.807, 2.05) is 42.5 Å². The first-order chi connectivity index (χ1) is 12.3. The molecule has 7 heteroatoms. The van der Waals surface area contributed by atoms with Gasteiger partial charge in [0.1, 0.15) is 0 Å². The predicted molar refractivity (Wildman–Crippen MR) is 98.9 cm³/mol. The van der Waals surface area contributed by atoms with Gasteiger partial charge in [-0.25, -0.2) is 9.97 Å². The van der Waals surface area contributed by atoms with Crippen molar-refractivity contribution in [1.82, 2.24) is 20.2 Å².